The van der Waals surface area contributed by atoms with Gasteiger partial charge in [-0.3, -0.25) is 4.90 Å². The van der Waals surface area contributed by atoms with E-state index in [2.05, 4.69) is 29.2 Å². The Hall–Kier alpha value is -3.38. The molecule has 190 valence electrons. The van der Waals surface area contributed by atoms with E-state index in [0.29, 0.717) is 25.3 Å². The predicted octanol–water partition coefficient (Wildman–Crippen LogP) is 5.81. The zero-order valence-electron chi connectivity index (χ0n) is 21.4. The number of carbonyl (C=O) groups is 1. The Balaban J connectivity index is 1.53. The number of nitrogens with zero attached hydrogens (tertiary/aromatic N) is 2. The molecule has 0 aromatic heterocycles. The Morgan fingerprint density at radius 3 is 2.44 bits per heavy atom. The fourth-order valence-corrected chi connectivity index (χ4v) is 4.72. The van der Waals surface area contributed by atoms with Crippen LogP contribution in [-0.2, 0) is 30.7 Å². The van der Waals surface area contributed by atoms with E-state index in [4.69, 9.17) is 10.5 Å². The monoisotopic (exact) mass is 489 g/mol. The lowest BCUT2D eigenvalue weighted by Gasteiger charge is -2.38. The summed E-state index contributed by atoms with van der Waals surface area (Å²) in [6.45, 7) is 8.08. The first-order valence-corrected chi connectivity index (χ1v) is 12.5. The molecule has 1 atom stereocenters. The third kappa shape index (κ3) is 7.08. The van der Waals surface area contributed by atoms with Crippen LogP contribution in [0.5, 0.6) is 0 Å². The second kappa shape index (κ2) is 11.1. The van der Waals surface area contributed by atoms with Gasteiger partial charge in [-0.05, 0) is 80.1 Å². The highest BCUT2D eigenvalue weighted by atomic mass is 19.1. The summed E-state index contributed by atoms with van der Waals surface area (Å²) in [6, 6.07) is 23.1. The molecule has 0 saturated carbocycles. The topological polar surface area (TPSA) is 58.8 Å². The van der Waals surface area contributed by atoms with Gasteiger partial charge in [0.05, 0.1) is 0 Å². The highest BCUT2D eigenvalue weighted by molar-refractivity contribution is 5.68. The highest BCUT2D eigenvalue weighted by Crippen LogP contribution is 2.26. The normalized spacial score (nSPS) is 15.8. The van der Waals surface area contributed by atoms with Gasteiger partial charge in [0.2, 0.25) is 0 Å². The van der Waals surface area contributed by atoms with Gasteiger partial charge in [0, 0.05) is 37.9 Å². The van der Waals surface area contributed by atoms with Crippen LogP contribution in [0, 0.1) is 5.82 Å². The minimum Gasteiger partial charge on any atom is -0.444 e. The molecule has 3 aromatic rings. The van der Waals surface area contributed by atoms with E-state index in [1.807, 2.05) is 57.2 Å². The molecule has 1 heterocycles. The Bertz CT molecular complexity index is 1170. The van der Waals surface area contributed by atoms with Gasteiger partial charge in [-0.25, -0.2) is 9.18 Å². The van der Waals surface area contributed by atoms with Gasteiger partial charge in [0.1, 0.15) is 11.4 Å². The van der Waals surface area contributed by atoms with E-state index in [9.17, 15) is 9.18 Å². The standard InChI is InChI=1S/C30H36FN3O2/c1-30(2,3)36-29(35)34(20-23-7-6-10-27(32)17-23)16-15-33-21-25-9-5-4-8-24(25)19-28(33)18-22-11-13-26(31)14-12-22/h4-14,17,28H,15-16,18-21,32H2,1-3H3. The fourth-order valence-electron chi connectivity index (χ4n) is 4.72. The first-order chi connectivity index (χ1) is 17.2. The minimum atomic E-state index is -0.583. The number of halogens is 1. The van der Waals surface area contributed by atoms with Crippen LogP contribution >= 0.6 is 0 Å². The zero-order chi connectivity index (χ0) is 25.7. The van der Waals surface area contributed by atoms with E-state index >= 15 is 0 Å². The summed E-state index contributed by atoms with van der Waals surface area (Å²) < 4.78 is 19.2. The lowest BCUT2D eigenvalue weighted by atomic mass is 9.90. The molecule has 1 unspecified atom stereocenters. The number of ether oxygens (including phenoxy) is 1. The number of fused-ring (bicyclic) bond motifs is 1. The first kappa shape index (κ1) is 25.7. The molecule has 0 aliphatic carbocycles. The minimum absolute atomic E-state index is 0.223. The van der Waals surface area contributed by atoms with Crippen LogP contribution in [-0.4, -0.2) is 40.6 Å². The largest absolute Gasteiger partial charge is 0.444 e. The second-order valence-electron chi connectivity index (χ2n) is 10.6. The van der Waals surface area contributed by atoms with Crippen molar-refractivity contribution in [3.63, 3.8) is 0 Å². The van der Waals surface area contributed by atoms with Crippen LogP contribution in [0.3, 0.4) is 0 Å². The molecule has 4 rings (SSSR count). The van der Waals surface area contributed by atoms with Crippen molar-refractivity contribution in [1.29, 1.82) is 0 Å². The Morgan fingerprint density at radius 2 is 1.75 bits per heavy atom. The van der Waals surface area contributed by atoms with E-state index in [1.165, 1.54) is 23.3 Å². The molecule has 0 saturated heterocycles. The number of benzene rings is 3. The number of hydrogen-bond donors (Lipinski definition) is 1. The quantitative estimate of drug-likeness (QED) is 0.425. The van der Waals surface area contributed by atoms with Crippen molar-refractivity contribution in [2.24, 2.45) is 0 Å². The summed E-state index contributed by atoms with van der Waals surface area (Å²) in [7, 11) is 0. The summed E-state index contributed by atoms with van der Waals surface area (Å²) in [5.41, 5.74) is 10.8. The summed E-state index contributed by atoms with van der Waals surface area (Å²) in [5, 5.41) is 0. The number of carbonyl (C=O) groups excluding carboxylic acids is 1. The molecule has 0 radical (unpaired) electrons. The van der Waals surface area contributed by atoms with Gasteiger partial charge in [0.25, 0.3) is 0 Å². The SMILES string of the molecule is CC(C)(C)OC(=O)N(CCN1Cc2ccccc2CC1Cc1ccc(F)cc1)Cc1cccc(N)c1. The number of anilines is 1. The van der Waals surface area contributed by atoms with Crippen molar-refractivity contribution >= 4 is 11.8 Å². The first-order valence-electron chi connectivity index (χ1n) is 12.5. The predicted molar refractivity (Wildman–Crippen MR) is 142 cm³/mol. The van der Waals surface area contributed by atoms with Crippen LogP contribution in [0.2, 0.25) is 0 Å². The van der Waals surface area contributed by atoms with Crippen LogP contribution in [0.4, 0.5) is 14.9 Å². The molecule has 5 nitrogen and oxygen atoms in total. The molecule has 2 N–H and O–H groups in total. The maximum Gasteiger partial charge on any atom is 0.410 e. The smallest absolute Gasteiger partial charge is 0.410 e. The average molecular weight is 490 g/mol. The van der Waals surface area contributed by atoms with E-state index < -0.39 is 5.60 Å². The van der Waals surface area contributed by atoms with E-state index in [-0.39, 0.29) is 18.0 Å². The van der Waals surface area contributed by atoms with Crippen LogP contribution in [0.1, 0.15) is 43.0 Å². The molecule has 6 heteroatoms. The molecular formula is C30H36FN3O2. The van der Waals surface area contributed by atoms with Gasteiger partial charge in [-0.1, -0.05) is 48.5 Å². The van der Waals surface area contributed by atoms with Gasteiger partial charge >= 0.3 is 6.09 Å². The third-order valence-corrected chi connectivity index (χ3v) is 6.48. The Labute approximate surface area is 213 Å². The van der Waals surface area contributed by atoms with Crippen LogP contribution < -0.4 is 5.73 Å². The zero-order valence-corrected chi connectivity index (χ0v) is 21.4. The second-order valence-corrected chi connectivity index (χ2v) is 10.6. The highest BCUT2D eigenvalue weighted by Gasteiger charge is 2.28. The number of hydrogen-bond acceptors (Lipinski definition) is 4. The maximum atomic E-state index is 13.5. The molecule has 0 bridgehead atoms. The number of nitrogens with two attached hydrogens (primary N) is 1. The molecule has 0 fully saturated rings. The Kier molecular flexibility index (Phi) is 7.94. The van der Waals surface area contributed by atoms with E-state index in [0.717, 1.165) is 30.5 Å². The van der Waals surface area contributed by atoms with Crippen molar-refractivity contribution in [1.82, 2.24) is 9.80 Å². The summed E-state index contributed by atoms with van der Waals surface area (Å²) >= 11 is 0. The van der Waals surface area contributed by atoms with Gasteiger partial charge in [-0.15, -0.1) is 0 Å². The maximum absolute atomic E-state index is 13.5. The average Bonchev–Trinajstić information content (AvgIpc) is 2.82. The van der Waals surface area contributed by atoms with Crippen molar-refractivity contribution in [3.05, 3.63) is 101 Å². The molecule has 3 aromatic carbocycles. The van der Waals surface area contributed by atoms with Gasteiger partial charge < -0.3 is 15.4 Å². The molecular weight excluding hydrogens is 453 g/mol. The van der Waals surface area contributed by atoms with Gasteiger partial charge in [-0.2, -0.15) is 0 Å². The summed E-state index contributed by atoms with van der Waals surface area (Å²) in [5.74, 6) is -0.223. The Morgan fingerprint density at radius 1 is 1.03 bits per heavy atom. The molecule has 1 amide bonds. The molecule has 0 spiro atoms. The molecule has 36 heavy (non-hydrogen) atoms. The van der Waals surface area contributed by atoms with Crippen molar-refractivity contribution < 1.29 is 13.9 Å². The van der Waals surface area contributed by atoms with Crippen molar-refractivity contribution in [2.45, 2.75) is 58.3 Å². The van der Waals surface area contributed by atoms with Crippen molar-refractivity contribution in [3.8, 4) is 0 Å². The lowest BCUT2D eigenvalue weighted by molar-refractivity contribution is 0.0198. The van der Waals surface area contributed by atoms with E-state index in [1.54, 1.807) is 4.90 Å². The number of rotatable bonds is 7. The summed E-state index contributed by atoms with van der Waals surface area (Å²) in [6.07, 6.45) is 1.39. The lowest BCUT2D eigenvalue weighted by Crippen LogP contribution is -2.47. The van der Waals surface area contributed by atoms with Crippen LogP contribution in [0.15, 0.2) is 72.8 Å². The third-order valence-electron chi connectivity index (χ3n) is 6.48. The van der Waals surface area contributed by atoms with Crippen molar-refractivity contribution in [2.75, 3.05) is 18.8 Å². The molecule has 1 aliphatic heterocycles. The van der Waals surface area contributed by atoms with Gasteiger partial charge in [0.15, 0.2) is 0 Å². The summed E-state index contributed by atoms with van der Waals surface area (Å²) in [4.78, 5) is 17.3. The van der Waals surface area contributed by atoms with Crippen LogP contribution in [0.25, 0.3) is 0 Å². The number of nitrogen functional groups attached to an aromatic ring is 1. The fraction of sp³-hybridized carbons (Fsp3) is 0.367. The molecule has 1 aliphatic rings. The number of amides is 1.